The third-order valence-electron chi connectivity index (χ3n) is 3.63. The van der Waals surface area contributed by atoms with E-state index in [0.717, 1.165) is 12.6 Å². The zero-order valence-electron chi connectivity index (χ0n) is 10.6. The van der Waals surface area contributed by atoms with Gasteiger partial charge in [-0.2, -0.15) is 0 Å². The summed E-state index contributed by atoms with van der Waals surface area (Å²) in [6, 6.07) is 10.2. The van der Waals surface area contributed by atoms with Gasteiger partial charge in [-0.25, -0.2) is 0 Å². The second-order valence-electron chi connectivity index (χ2n) is 5.32. The molecule has 1 fully saturated rings. The standard InChI is InChI=1S/C15H20N2/c1-11-3-4-13-7-8-17(15(13)9-11)12(2)10-16-14-5-6-14/h3-4,7-9,12,14,16H,5-6,10H2,1-2H3. The highest BCUT2D eigenvalue weighted by Crippen LogP contribution is 2.23. The van der Waals surface area contributed by atoms with Crippen LogP contribution in [0, 0.1) is 6.92 Å². The Hall–Kier alpha value is -1.28. The van der Waals surface area contributed by atoms with Crippen LogP contribution in [-0.2, 0) is 0 Å². The van der Waals surface area contributed by atoms with E-state index < -0.39 is 0 Å². The van der Waals surface area contributed by atoms with Gasteiger partial charge in [0, 0.05) is 30.3 Å². The monoisotopic (exact) mass is 228 g/mol. The van der Waals surface area contributed by atoms with Gasteiger partial charge >= 0.3 is 0 Å². The van der Waals surface area contributed by atoms with E-state index in [1.807, 2.05) is 0 Å². The van der Waals surface area contributed by atoms with Crippen molar-refractivity contribution in [3.8, 4) is 0 Å². The summed E-state index contributed by atoms with van der Waals surface area (Å²) in [5.41, 5.74) is 2.69. The molecule has 1 aromatic heterocycles. The van der Waals surface area contributed by atoms with Gasteiger partial charge in [0.2, 0.25) is 0 Å². The lowest BCUT2D eigenvalue weighted by Crippen LogP contribution is -2.24. The molecule has 1 aliphatic rings. The molecule has 0 amide bonds. The van der Waals surface area contributed by atoms with Gasteiger partial charge in [-0.3, -0.25) is 0 Å². The van der Waals surface area contributed by atoms with Crippen LogP contribution in [0.15, 0.2) is 30.5 Å². The Morgan fingerprint density at radius 2 is 2.18 bits per heavy atom. The quantitative estimate of drug-likeness (QED) is 0.850. The van der Waals surface area contributed by atoms with Gasteiger partial charge in [0.25, 0.3) is 0 Å². The van der Waals surface area contributed by atoms with E-state index in [2.05, 4.69) is 54.2 Å². The first kappa shape index (κ1) is 10.8. The summed E-state index contributed by atoms with van der Waals surface area (Å²) in [6.07, 6.45) is 4.93. The normalized spacial score (nSPS) is 17.5. The highest BCUT2D eigenvalue weighted by atomic mass is 15.1. The second kappa shape index (κ2) is 4.19. The predicted octanol–water partition coefficient (Wildman–Crippen LogP) is 3.26. The number of hydrogen-bond donors (Lipinski definition) is 1. The summed E-state index contributed by atoms with van der Waals surface area (Å²) in [7, 11) is 0. The number of fused-ring (bicyclic) bond motifs is 1. The van der Waals surface area contributed by atoms with Crippen molar-refractivity contribution < 1.29 is 0 Å². The number of benzene rings is 1. The van der Waals surface area contributed by atoms with E-state index in [1.54, 1.807) is 0 Å². The maximum Gasteiger partial charge on any atom is 0.0485 e. The van der Waals surface area contributed by atoms with E-state index in [-0.39, 0.29) is 0 Å². The van der Waals surface area contributed by atoms with E-state index >= 15 is 0 Å². The molecule has 1 aliphatic carbocycles. The molecule has 0 aliphatic heterocycles. The summed E-state index contributed by atoms with van der Waals surface area (Å²) in [6.45, 7) is 5.52. The Morgan fingerprint density at radius 3 is 2.94 bits per heavy atom. The molecule has 17 heavy (non-hydrogen) atoms. The molecule has 2 nitrogen and oxygen atoms in total. The fraction of sp³-hybridized carbons (Fsp3) is 0.467. The molecule has 2 aromatic rings. The molecule has 0 radical (unpaired) electrons. The van der Waals surface area contributed by atoms with Crippen LogP contribution in [0.2, 0.25) is 0 Å². The minimum Gasteiger partial charge on any atom is -0.343 e. The molecule has 1 unspecified atom stereocenters. The molecular formula is C15H20N2. The fourth-order valence-electron chi connectivity index (χ4n) is 2.37. The largest absolute Gasteiger partial charge is 0.343 e. The molecule has 1 saturated carbocycles. The van der Waals surface area contributed by atoms with Crippen molar-refractivity contribution in [3.63, 3.8) is 0 Å². The van der Waals surface area contributed by atoms with E-state index in [1.165, 1.54) is 29.3 Å². The average Bonchev–Trinajstić information content (AvgIpc) is 3.05. The molecule has 1 N–H and O–H groups in total. The lowest BCUT2D eigenvalue weighted by atomic mass is 10.2. The number of aromatic nitrogens is 1. The smallest absolute Gasteiger partial charge is 0.0485 e. The van der Waals surface area contributed by atoms with Crippen LogP contribution in [0.5, 0.6) is 0 Å². The number of nitrogens with zero attached hydrogens (tertiary/aromatic N) is 1. The lowest BCUT2D eigenvalue weighted by molar-refractivity contribution is 0.504. The van der Waals surface area contributed by atoms with Gasteiger partial charge in [-0.1, -0.05) is 12.1 Å². The highest BCUT2D eigenvalue weighted by molar-refractivity contribution is 5.80. The van der Waals surface area contributed by atoms with Gasteiger partial charge in [0.15, 0.2) is 0 Å². The Balaban J connectivity index is 1.84. The molecule has 2 heteroatoms. The van der Waals surface area contributed by atoms with Crippen molar-refractivity contribution in [1.29, 1.82) is 0 Å². The average molecular weight is 228 g/mol. The van der Waals surface area contributed by atoms with Gasteiger partial charge < -0.3 is 9.88 Å². The molecule has 0 saturated heterocycles. The van der Waals surface area contributed by atoms with Crippen LogP contribution in [0.1, 0.15) is 31.4 Å². The van der Waals surface area contributed by atoms with Crippen molar-refractivity contribution in [2.45, 2.75) is 38.8 Å². The maximum absolute atomic E-state index is 3.60. The molecule has 1 atom stereocenters. The van der Waals surface area contributed by atoms with Gasteiger partial charge in [-0.05, 0) is 49.8 Å². The molecule has 0 bridgehead atoms. The number of nitrogens with one attached hydrogen (secondary N) is 1. The summed E-state index contributed by atoms with van der Waals surface area (Å²) in [5, 5.41) is 4.94. The number of aryl methyl sites for hydroxylation is 1. The first-order chi connectivity index (χ1) is 8.24. The topological polar surface area (TPSA) is 17.0 Å². The Morgan fingerprint density at radius 1 is 1.35 bits per heavy atom. The molecule has 3 rings (SSSR count). The van der Waals surface area contributed by atoms with Crippen LogP contribution in [-0.4, -0.2) is 17.2 Å². The predicted molar refractivity (Wildman–Crippen MR) is 72.4 cm³/mol. The van der Waals surface area contributed by atoms with Gasteiger partial charge in [-0.15, -0.1) is 0 Å². The van der Waals surface area contributed by atoms with Crippen LogP contribution in [0.3, 0.4) is 0 Å². The Bertz CT molecular complexity index is 523. The molecular weight excluding hydrogens is 208 g/mol. The minimum absolute atomic E-state index is 0.523. The zero-order valence-corrected chi connectivity index (χ0v) is 10.6. The first-order valence-corrected chi connectivity index (χ1v) is 6.54. The van der Waals surface area contributed by atoms with E-state index in [9.17, 15) is 0 Å². The number of hydrogen-bond acceptors (Lipinski definition) is 1. The van der Waals surface area contributed by atoms with Gasteiger partial charge in [0.1, 0.15) is 0 Å². The third-order valence-corrected chi connectivity index (χ3v) is 3.63. The molecule has 0 spiro atoms. The van der Waals surface area contributed by atoms with Gasteiger partial charge in [0.05, 0.1) is 0 Å². The maximum atomic E-state index is 3.60. The number of rotatable bonds is 4. The van der Waals surface area contributed by atoms with Crippen LogP contribution >= 0.6 is 0 Å². The van der Waals surface area contributed by atoms with Crippen LogP contribution in [0.25, 0.3) is 10.9 Å². The van der Waals surface area contributed by atoms with Crippen molar-refractivity contribution in [1.82, 2.24) is 9.88 Å². The minimum atomic E-state index is 0.523. The SMILES string of the molecule is Cc1ccc2ccn(C(C)CNC3CC3)c2c1. The van der Waals surface area contributed by atoms with E-state index in [4.69, 9.17) is 0 Å². The van der Waals surface area contributed by atoms with Crippen molar-refractivity contribution >= 4 is 10.9 Å². The Labute approximate surface area is 103 Å². The fourth-order valence-corrected chi connectivity index (χ4v) is 2.37. The van der Waals surface area contributed by atoms with E-state index in [0.29, 0.717) is 6.04 Å². The summed E-state index contributed by atoms with van der Waals surface area (Å²) in [5.74, 6) is 0. The highest BCUT2D eigenvalue weighted by Gasteiger charge is 2.21. The first-order valence-electron chi connectivity index (χ1n) is 6.54. The second-order valence-corrected chi connectivity index (χ2v) is 5.32. The lowest BCUT2D eigenvalue weighted by Gasteiger charge is -2.16. The summed E-state index contributed by atoms with van der Waals surface area (Å²) < 4.78 is 2.39. The van der Waals surface area contributed by atoms with Crippen molar-refractivity contribution in [2.24, 2.45) is 0 Å². The molecule has 1 heterocycles. The molecule has 1 aromatic carbocycles. The van der Waals surface area contributed by atoms with Crippen LogP contribution < -0.4 is 5.32 Å². The summed E-state index contributed by atoms with van der Waals surface area (Å²) in [4.78, 5) is 0. The Kier molecular flexibility index (Phi) is 2.67. The third kappa shape index (κ3) is 2.22. The zero-order chi connectivity index (χ0) is 11.8. The summed E-state index contributed by atoms with van der Waals surface area (Å²) >= 11 is 0. The van der Waals surface area contributed by atoms with Crippen LogP contribution in [0.4, 0.5) is 0 Å². The van der Waals surface area contributed by atoms with Crippen molar-refractivity contribution in [2.75, 3.05) is 6.54 Å². The van der Waals surface area contributed by atoms with Crippen molar-refractivity contribution in [3.05, 3.63) is 36.0 Å². The molecule has 90 valence electrons.